The van der Waals surface area contributed by atoms with Gasteiger partial charge in [0.1, 0.15) is 6.61 Å². The van der Waals surface area contributed by atoms with Crippen molar-refractivity contribution >= 4 is 5.97 Å². The number of carbonyl (C=O) groups is 1. The van der Waals surface area contributed by atoms with Gasteiger partial charge in [-0.1, -0.05) is 0 Å². The lowest BCUT2D eigenvalue weighted by Crippen LogP contribution is -2.11. The first-order chi connectivity index (χ1) is 6.67. The van der Waals surface area contributed by atoms with Crippen LogP contribution >= 0.6 is 0 Å². The fourth-order valence-electron chi connectivity index (χ4n) is 0.674. The number of nitrogens with zero attached hydrogens (tertiary/aromatic N) is 1. The number of ether oxygens (including phenoxy) is 2. The summed E-state index contributed by atoms with van der Waals surface area (Å²) in [5.74, 6) is -1.46. The highest BCUT2D eigenvalue weighted by Crippen LogP contribution is 2.06. The van der Waals surface area contributed by atoms with Gasteiger partial charge in [0.15, 0.2) is 5.76 Å². The molecule has 6 nitrogen and oxygen atoms in total. The van der Waals surface area contributed by atoms with Gasteiger partial charge in [0.05, 0.1) is 6.61 Å². The summed E-state index contributed by atoms with van der Waals surface area (Å²) >= 11 is 0. The number of aliphatic hydroxyl groups excluding tert-OH is 1. The van der Waals surface area contributed by atoms with E-state index in [-0.39, 0.29) is 13.2 Å². The van der Waals surface area contributed by atoms with Crippen LogP contribution in [0.3, 0.4) is 0 Å². The summed E-state index contributed by atoms with van der Waals surface area (Å²) in [5, 5.41) is 11.6. The first-order valence-electron chi connectivity index (χ1n) is 4.17. The average Bonchev–Trinajstić information content (AvgIpc) is 2.16. The molecule has 0 fully saturated rings. The molecule has 14 heavy (non-hydrogen) atoms. The zero-order chi connectivity index (χ0) is 11.0. The quantitative estimate of drug-likeness (QED) is 0.302. The molecule has 0 saturated carbocycles. The van der Waals surface area contributed by atoms with Crippen molar-refractivity contribution in [2.75, 3.05) is 19.8 Å². The molecule has 80 valence electrons. The summed E-state index contributed by atoms with van der Waals surface area (Å²) in [6.07, 6.45) is 0. The maximum Gasteiger partial charge on any atom is 0.364 e. The van der Waals surface area contributed by atoms with Crippen molar-refractivity contribution in [3.05, 3.63) is 16.4 Å². The molecule has 0 atom stereocenters. The van der Waals surface area contributed by atoms with E-state index in [1.807, 2.05) is 0 Å². The summed E-state index contributed by atoms with van der Waals surface area (Å²) in [5.41, 5.74) is -0.639. The minimum atomic E-state index is -0.945. The Balaban J connectivity index is 4.48. The van der Waals surface area contributed by atoms with E-state index in [1.54, 1.807) is 13.8 Å². The molecule has 0 spiro atoms. The van der Waals surface area contributed by atoms with Gasteiger partial charge >= 0.3 is 5.97 Å². The van der Waals surface area contributed by atoms with Crippen LogP contribution in [0, 0.1) is 4.91 Å². The maximum absolute atomic E-state index is 11.0. The van der Waals surface area contributed by atoms with Crippen molar-refractivity contribution in [2.45, 2.75) is 13.8 Å². The van der Waals surface area contributed by atoms with Crippen molar-refractivity contribution in [3.8, 4) is 0 Å². The van der Waals surface area contributed by atoms with E-state index in [0.29, 0.717) is 6.61 Å². The Kier molecular flexibility index (Phi) is 6.30. The summed E-state index contributed by atoms with van der Waals surface area (Å²) < 4.78 is 9.28. The fourth-order valence-corrected chi connectivity index (χ4v) is 0.674. The van der Waals surface area contributed by atoms with Crippen LogP contribution in [-0.4, -0.2) is 30.9 Å². The van der Waals surface area contributed by atoms with E-state index in [4.69, 9.17) is 4.74 Å². The second kappa shape index (κ2) is 7.02. The number of carbonyl (C=O) groups excluding carboxylic acids is 1. The molecule has 0 amide bonds. The first-order valence-corrected chi connectivity index (χ1v) is 4.17. The third-order valence-corrected chi connectivity index (χ3v) is 1.28. The largest absolute Gasteiger partial charge is 0.507 e. The third kappa shape index (κ3) is 3.99. The normalized spacial score (nSPS) is 11.9. The SMILES string of the molecule is CCOC/C(O)=C(\N=O)C(=O)OCC. The van der Waals surface area contributed by atoms with Gasteiger partial charge in [-0.15, -0.1) is 4.91 Å². The van der Waals surface area contributed by atoms with E-state index in [1.165, 1.54) is 0 Å². The summed E-state index contributed by atoms with van der Waals surface area (Å²) in [6, 6.07) is 0. The monoisotopic (exact) mass is 203 g/mol. The Bertz CT molecular complexity index is 236. The van der Waals surface area contributed by atoms with Gasteiger partial charge in [0, 0.05) is 6.61 Å². The molecule has 0 aromatic heterocycles. The molecule has 0 bridgehead atoms. The van der Waals surface area contributed by atoms with Crippen LogP contribution < -0.4 is 0 Å². The summed E-state index contributed by atoms with van der Waals surface area (Å²) in [7, 11) is 0. The molecule has 0 rings (SSSR count). The van der Waals surface area contributed by atoms with E-state index >= 15 is 0 Å². The molecule has 0 radical (unpaired) electrons. The molecule has 0 heterocycles. The fraction of sp³-hybridized carbons (Fsp3) is 0.625. The van der Waals surface area contributed by atoms with Gasteiger partial charge in [0.25, 0.3) is 0 Å². The van der Waals surface area contributed by atoms with Gasteiger partial charge < -0.3 is 14.6 Å². The highest BCUT2D eigenvalue weighted by molar-refractivity contribution is 5.88. The Morgan fingerprint density at radius 1 is 1.36 bits per heavy atom. The number of hydrogen-bond donors (Lipinski definition) is 1. The van der Waals surface area contributed by atoms with Gasteiger partial charge in [-0.05, 0) is 19.0 Å². The van der Waals surface area contributed by atoms with Gasteiger partial charge in [-0.25, -0.2) is 4.79 Å². The lowest BCUT2D eigenvalue weighted by atomic mass is 10.4. The predicted molar refractivity (Wildman–Crippen MR) is 48.6 cm³/mol. The van der Waals surface area contributed by atoms with Crippen molar-refractivity contribution in [1.82, 2.24) is 0 Å². The lowest BCUT2D eigenvalue weighted by Gasteiger charge is -2.03. The molecular weight excluding hydrogens is 190 g/mol. The predicted octanol–water partition coefficient (Wildman–Crippen LogP) is 1.12. The highest BCUT2D eigenvalue weighted by atomic mass is 16.5. The topological polar surface area (TPSA) is 85.2 Å². The van der Waals surface area contributed by atoms with Crippen molar-refractivity contribution in [3.63, 3.8) is 0 Å². The van der Waals surface area contributed by atoms with Gasteiger partial charge in [-0.3, -0.25) is 0 Å². The number of rotatable bonds is 6. The van der Waals surface area contributed by atoms with Crippen LogP contribution in [0.5, 0.6) is 0 Å². The van der Waals surface area contributed by atoms with Crippen LogP contribution in [0.15, 0.2) is 16.6 Å². The Morgan fingerprint density at radius 2 is 2.00 bits per heavy atom. The molecule has 0 saturated heterocycles. The second-order valence-corrected chi connectivity index (χ2v) is 2.24. The number of nitroso groups, excluding NO2 is 1. The van der Waals surface area contributed by atoms with Crippen LogP contribution in [0.4, 0.5) is 0 Å². The van der Waals surface area contributed by atoms with E-state index < -0.39 is 17.4 Å². The van der Waals surface area contributed by atoms with Gasteiger partial charge in [-0.2, -0.15) is 0 Å². The molecule has 1 N–H and O–H groups in total. The minimum Gasteiger partial charge on any atom is -0.507 e. The minimum absolute atomic E-state index is 0.111. The standard InChI is InChI=1S/C8H13NO5/c1-3-13-5-6(10)7(9-12)8(11)14-4-2/h10H,3-5H2,1-2H3/b7-6+. The number of aliphatic hydroxyl groups is 1. The third-order valence-electron chi connectivity index (χ3n) is 1.28. The molecule has 6 heteroatoms. The number of esters is 1. The molecular formula is C8H13NO5. The van der Waals surface area contributed by atoms with Crippen molar-refractivity contribution in [2.24, 2.45) is 5.18 Å². The molecule has 0 aromatic rings. The summed E-state index contributed by atoms with van der Waals surface area (Å²) in [4.78, 5) is 21.2. The van der Waals surface area contributed by atoms with E-state index in [2.05, 4.69) is 9.91 Å². The van der Waals surface area contributed by atoms with Crippen LogP contribution in [0.1, 0.15) is 13.8 Å². The van der Waals surface area contributed by atoms with Crippen molar-refractivity contribution < 1.29 is 19.4 Å². The maximum atomic E-state index is 11.0. The zero-order valence-corrected chi connectivity index (χ0v) is 8.15. The van der Waals surface area contributed by atoms with E-state index in [0.717, 1.165) is 0 Å². The number of hydrogen-bond acceptors (Lipinski definition) is 6. The summed E-state index contributed by atoms with van der Waals surface area (Å²) in [6.45, 7) is 3.54. The Hall–Kier alpha value is -1.43. The van der Waals surface area contributed by atoms with Crippen LogP contribution in [-0.2, 0) is 14.3 Å². The van der Waals surface area contributed by atoms with Crippen LogP contribution in [0.25, 0.3) is 0 Å². The Labute approximate surface area is 81.5 Å². The van der Waals surface area contributed by atoms with Crippen molar-refractivity contribution in [1.29, 1.82) is 0 Å². The highest BCUT2D eigenvalue weighted by Gasteiger charge is 2.17. The lowest BCUT2D eigenvalue weighted by molar-refractivity contribution is -0.138. The van der Waals surface area contributed by atoms with Gasteiger partial charge in [0.2, 0.25) is 5.70 Å². The first kappa shape index (κ1) is 12.6. The molecule has 0 aromatic carbocycles. The van der Waals surface area contributed by atoms with E-state index in [9.17, 15) is 14.8 Å². The molecule has 0 unspecified atom stereocenters. The second-order valence-electron chi connectivity index (χ2n) is 2.24. The van der Waals surface area contributed by atoms with Crippen LogP contribution in [0.2, 0.25) is 0 Å². The molecule has 0 aliphatic rings. The Morgan fingerprint density at radius 3 is 2.43 bits per heavy atom. The molecule has 0 aliphatic heterocycles. The average molecular weight is 203 g/mol. The zero-order valence-electron chi connectivity index (χ0n) is 8.15. The molecule has 0 aliphatic carbocycles. The smallest absolute Gasteiger partial charge is 0.364 e.